The van der Waals surface area contributed by atoms with Crippen LogP contribution in [0.2, 0.25) is 10.2 Å². The Hall–Kier alpha value is -1.54. The molecule has 1 amide bonds. The van der Waals surface area contributed by atoms with Crippen molar-refractivity contribution in [1.82, 2.24) is 4.98 Å². The summed E-state index contributed by atoms with van der Waals surface area (Å²) in [5, 5.41) is 8.05. The Bertz CT molecular complexity index is 796. The van der Waals surface area contributed by atoms with Crippen LogP contribution in [0.1, 0.15) is 16.1 Å². The molecule has 0 aliphatic heterocycles. The second kappa shape index (κ2) is 5.69. The van der Waals surface area contributed by atoms with Gasteiger partial charge in [0.15, 0.2) is 0 Å². The molecule has 2 aromatic rings. The van der Waals surface area contributed by atoms with Crippen molar-refractivity contribution < 1.29 is 13.2 Å². The first-order valence-electron chi connectivity index (χ1n) is 5.68. The quantitative estimate of drug-likeness (QED) is 0.794. The Morgan fingerprint density at radius 1 is 1.33 bits per heavy atom. The molecule has 0 atom stereocenters. The molecule has 0 saturated carbocycles. The molecule has 0 bridgehead atoms. The molecule has 21 heavy (non-hydrogen) atoms. The maximum Gasteiger partial charge on any atom is 0.272 e. The molecule has 1 aromatic carbocycles. The van der Waals surface area contributed by atoms with E-state index >= 15 is 0 Å². The summed E-state index contributed by atoms with van der Waals surface area (Å²) < 4.78 is 22.9. The molecule has 0 saturated heterocycles. The monoisotopic (exact) mass is 347 g/mol. The number of primary sulfonamides is 1. The van der Waals surface area contributed by atoms with Crippen molar-refractivity contribution in [2.75, 3.05) is 5.32 Å². The molecule has 0 unspecified atom stereocenters. The third kappa shape index (κ3) is 3.38. The van der Waals surface area contributed by atoms with E-state index in [1.165, 1.54) is 18.2 Å². The summed E-state index contributed by atoms with van der Waals surface area (Å²) in [7, 11) is -3.86. The van der Waals surface area contributed by atoms with Crippen molar-refractivity contribution in [3.63, 3.8) is 0 Å². The molecule has 0 aliphatic carbocycles. The highest BCUT2D eigenvalue weighted by atomic mass is 35.5. The number of hydrogen-bond acceptors (Lipinski definition) is 3. The van der Waals surface area contributed by atoms with Crippen molar-refractivity contribution in [3.8, 4) is 0 Å². The first-order chi connectivity index (χ1) is 9.70. The number of carbonyl (C=O) groups excluding carboxylic acids is 1. The van der Waals surface area contributed by atoms with Gasteiger partial charge in [-0.05, 0) is 30.7 Å². The number of amides is 1. The normalized spacial score (nSPS) is 11.4. The molecular formula is C12H11Cl2N3O3S. The lowest BCUT2D eigenvalue weighted by Crippen LogP contribution is -2.17. The van der Waals surface area contributed by atoms with Crippen LogP contribution in [0.5, 0.6) is 0 Å². The van der Waals surface area contributed by atoms with Gasteiger partial charge in [0.1, 0.15) is 10.8 Å². The van der Waals surface area contributed by atoms with Crippen LogP contribution in [-0.2, 0) is 10.0 Å². The van der Waals surface area contributed by atoms with E-state index in [0.717, 1.165) is 0 Å². The van der Waals surface area contributed by atoms with E-state index in [4.69, 9.17) is 28.3 Å². The van der Waals surface area contributed by atoms with Crippen LogP contribution in [0, 0.1) is 6.92 Å². The minimum Gasteiger partial charge on any atom is -0.340 e. The highest BCUT2D eigenvalue weighted by Gasteiger charge is 2.17. The Balaban J connectivity index is 2.34. The first-order valence-corrected chi connectivity index (χ1v) is 7.98. The standard InChI is InChI=1S/C12H11Cl2N3O3S/c1-6-8(3-2-4-10(6)21(15,19)20)17-12(18)9-5-7(13)11(14)16-9/h2-5,16H,1H3,(H,17,18)(H2,15,19,20). The lowest BCUT2D eigenvalue weighted by Gasteiger charge is -2.10. The molecular weight excluding hydrogens is 337 g/mol. The van der Waals surface area contributed by atoms with Crippen LogP contribution >= 0.6 is 23.2 Å². The predicted octanol–water partition coefficient (Wildman–Crippen LogP) is 2.53. The summed E-state index contributed by atoms with van der Waals surface area (Å²) >= 11 is 11.5. The smallest absolute Gasteiger partial charge is 0.272 e. The number of sulfonamides is 1. The van der Waals surface area contributed by atoms with Crippen LogP contribution in [0.3, 0.4) is 0 Å². The summed E-state index contributed by atoms with van der Waals surface area (Å²) in [6.07, 6.45) is 0. The van der Waals surface area contributed by atoms with Gasteiger partial charge in [-0.2, -0.15) is 0 Å². The average Bonchev–Trinajstić information content (AvgIpc) is 2.71. The van der Waals surface area contributed by atoms with Gasteiger partial charge in [0.2, 0.25) is 10.0 Å². The summed E-state index contributed by atoms with van der Waals surface area (Å²) in [6, 6.07) is 5.78. The van der Waals surface area contributed by atoms with Crippen molar-refractivity contribution in [2.24, 2.45) is 5.14 Å². The zero-order valence-corrected chi connectivity index (χ0v) is 13.1. The topological polar surface area (TPSA) is 105 Å². The molecule has 0 spiro atoms. The molecule has 4 N–H and O–H groups in total. The number of aromatic amines is 1. The Kier molecular flexibility index (Phi) is 4.29. The summed E-state index contributed by atoms with van der Waals surface area (Å²) in [5.41, 5.74) is 0.830. The highest BCUT2D eigenvalue weighted by Crippen LogP contribution is 2.25. The number of halogens is 2. The number of anilines is 1. The zero-order chi connectivity index (χ0) is 15.8. The van der Waals surface area contributed by atoms with Gasteiger partial charge in [0, 0.05) is 5.69 Å². The number of nitrogens with one attached hydrogen (secondary N) is 2. The van der Waals surface area contributed by atoms with Crippen LogP contribution in [-0.4, -0.2) is 19.3 Å². The Morgan fingerprint density at radius 2 is 2.00 bits per heavy atom. The number of carbonyl (C=O) groups is 1. The lowest BCUT2D eigenvalue weighted by molar-refractivity contribution is 0.102. The SMILES string of the molecule is Cc1c(NC(=O)c2cc(Cl)c(Cl)[nH]2)cccc1S(N)(=O)=O. The zero-order valence-electron chi connectivity index (χ0n) is 10.8. The number of benzene rings is 1. The van der Waals surface area contributed by atoms with Crippen LogP contribution in [0.15, 0.2) is 29.2 Å². The number of aromatic nitrogens is 1. The number of hydrogen-bond donors (Lipinski definition) is 3. The number of nitrogens with two attached hydrogens (primary N) is 1. The molecule has 1 aromatic heterocycles. The van der Waals surface area contributed by atoms with Gasteiger partial charge in [0.25, 0.3) is 5.91 Å². The largest absolute Gasteiger partial charge is 0.340 e. The summed E-state index contributed by atoms with van der Waals surface area (Å²) in [4.78, 5) is 14.6. The van der Waals surface area contributed by atoms with Gasteiger partial charge in [-0.15, -0.1) is 0 Å². The summed E-state index contributed by atoms with van der Waals surface area (Å²) in [6.45, 7) is 1.55. The molecule has 2 rings (SSSR count). The van der Waals surface area contributed by atoms with E-state index in [1.54, 1.807) is 13.0 Å². The Labute approximate surface area is 131 Å². The van der Waals surface area contributed by atoms with Gasteiger partial charge >= 0.3 is 0 Å². The second-order valence-electron chi connectivity index (χ2n) is 4.27. The van der Waals surface area contributed by atoms with E-state index in [2.05, 4.69) is 10.3 Å². The van der Waals surface area contributed by atoms with Crippen LogP contribution < -0.4 is 10.5 Å². The van der Waals surface area contributed by atoms with Crippen molar-refractivity contribution in [1.29, 1.82) is 0 Å². The third-order valence-electron chi connectivity index (χ3n) is 2.81. The van der Waals surface area contributed by atoms with Crippen molar-refractivity contribution in [2.45, 2.75) is 11.8 Å². The molecule has 1 heterocycles. The molecule has 0 aliphatic rings. The van der Waals surface area contributed by atoms with Gasteiger partial charge < -0.3 is 10.3 Å². The predicted molar refractivity (Wildman–Crippen MR) is 81.3 cm³/mol. The van der Waals surface area contributed by atoms with Crippen LogP contribution in [0.25, 0.3) is 0 Å². The van der Waals surface area contributed by atoms with E-state index in [1.807, 2.05) is 0 Å². The average molecular weight is 348 g/mol. The fraction of sp³-hybridized carbons (Fsp3) is 0.0833. The molecule has 0 radical (unpaired) electrons. The molecule has 0 fully saturated rings. The fourth-order valence-corrected chi connectivity index (χ4v) is 2.89. The Morgan fingerprint density at radius 3 is 2.52 bits per heavy atom. The first kappa shape index (κ1) is 15.8. The van der Waals surface area contributed by atoms with Gasteiger partial charge in [-0.25, -0.2) is 13.6 Å². The van der Waals surface area contributed by atoms with Crippen molar-refractivity contribution >= 4 is 44.8 Å². The van der Waals surface area contributed by atoms with Crippen LogP contribution in [0.4, 0.5) is 5.69 Å². The van der Waals surface area contributed by atoms with Gasteiger partial charge in [-0.3, -0.25) is 4.79 Å². The lowest BCUT2D eigenvalue weighted by atomic mass is 10.2. The fourth-order valence-electron chi connectivity index (χ4n) is 1.77. The molecule has 112 valence electrons. The highest BCUT2D eigenvalue weighted by molar-refractivity contribution is 7.89. The maximum atomic E-state index is 12.1. The van der Waals surface area contributed by atoms with E-state index < -0.39 is 15.9 Å². The summed E-state index contributed by atoms with van der Waals surface area (Å²) in [5.74, 6) is -0.501. The molecule has 6 nitrogen and oxygen atoms in total. The third-order valence-corrected chi connectivity index (χ3v) is 4.56. The van der Waals surface area contributed by atoms with Crippen molar-refractivity contribution in [3.05, 3.63) is 45.7 Å². The van der Waals surface area contributed by atoms with Gasteiger partial charge in [-0.1, -0.05) is 29.3 Å². The maximum absolute atomic E-state index is 12.1. The number of H-pyrrole nitrogens is 1. The molecule has 9 heteroatoms. The number of rotatable bonds is 3. The van der Waals surface area contributed by atoms with E-state index in [-0.39, 0.29) is 20.8 Å². The van der Waals surface area contributed by atoms with Gasteiger partial charge in [0.05, 0.1) is 9.92 Å². The minimum absolute atomic E-state index is 0.0529. The second-order valence-corrected chi connectivity index (χ2v) is 6.59. The van der Waals surface area contributed by atoms with E-state index in [9.17, 15) is 13.2 Å². The minimum atomic E-state index is -3.86. The van der Waals surface area contributed by atoms with E-state index in [0.29, 0.717) is 11.3 Å².